The van der Waals surface area contributed by atoms with Crippen molar-refractivity contribution in [3.8, 4) is 0 Å². The molecule has 3 aliphatic rings. The molecule has 3 aliphatic carbocycles. The van der Waals surface area contributed by atoms with Crippen molar-refractivity contribution >= 4 is 11.6 Å². The van der Waals surface area contributed by atoms with E-state index in [9.17, 15) is 9.90 Å². The number of aromatic nitrogens is 2. The number of pyridine rings is 1. The lowest BCUT2D eigenvalue weighted by atomic mass is 9.45. The van der Waals surface area contributed by atoms with E-state index in [1.165, 1.54) is 19.3 Å². The predicted octanol–water partition coefficient (Wildman–Crippen LogP) is 3.63. The molecule has 2 aromatic heterocycles. The summed E-state index contributed by atoms with van der Waals surface area (Å²) >= 11 is 0. The molecule has 6 nitrogen and oxygen atoms in total. The Morgan fingerprint density at radius 3 is 2.77 bits per heavy atom. The van der Waals surface area contributed by atoms with E-state index in [4.69, 9.17) is 0 Å². The van der Waals surface area contributed by atoms with Crippen molar-refractivity contribution in [2.75, 3.05) is 13.1 Å². The zero-order valence-corrected chi connectivity index (χ0v) is 19.6. The SMILES string of the molecule is CC(C)(C)C(O)CNC(=O)c1cn2c(CNC[C@@H]3CC[C@H]4C[C@@H]3C4(C)C)cccc2n1. The second-order valence-electron chi connectivity index (χ2n) is 11.3. The maximum absolute atomic E-state index is 12.6. The minimum atomic E-state index is -0.607. The number of amides is 1. The Labute approximate surface area is 185 Å². The van der Waals surface area contributed by atoms with Gasteiger partial charge in [0.2, 0.25) is 0 Å². The smallest absolute Gasteiger partial charge is 0.271 e. The van der Waals surface area contributed by atoms with E-state index >= 15 is 0 Å². The topological polar surface area (TPSA) is 78.7 Å². The maximum atomic E-state index is 12.6. The fourth-order valence-corrected chi connectivity index (χ4v) is 5.50. The zero-order chi connectivity index (χ0) is 22.4. The number of carbonyl (C=O) groups excluding carboxylic acids is 1. The number of hydrogen-bond acceptors (Lipinski definition) is 4. The largest absolute Gasteiger partial charge is 0.391 e. The summed E-state index contributed by atoms with van der Waals surface area (Å²) in [5.74, 6) is 2.29. The molecule has 3 fully saturated rings. The third-order valence-corrected chi connectivity index (χ3v) is 7.98. The van der Waals surface area contributed by atoms with E-state index in [1.54, 1.807) is 6.20 Å². The lowest BCUT2D eigenvalue weighted by Crippen LogP contribution is -2.54. The van der Waals surface area contributed by atoms with Crippen LogP contribution in [0.25, 0.3) is 5.65 Å². The number of fused-ring (bicyclic) bond motifs is 3. The summed E-state index contributed by atoms with van der Waals surface area (Å²) < 4.78 is 1.99. The van der Waals surface area contributed by atoms with Gasteiger partial charge in [-0.1, -0.05) is 40.7 Å². The number of rotatable bonds is 7. The van der Waals surface area contributed by atoms with Crippen LogP contribution in [0.2, 0.25) is 0 Å². The number of imidazole rings is 1. The molecule has 31 heavy (non-hydrogen) atoms. The summed E-state index contributed by atoms with van der Waals surface area (Å²) in [6.45, 7) is 12.7. The van der Waals surface area contributed by atoms with Crippen molar-refractivity contribution in [3.05, 3.63) is 35.8 Å². The van der Waals surface area contributed by atoms with Crippen molar-refractivity contribution in [1.82, 2.24) is 20.0 Å². The minimum absolute atomic E-state index is 0.213. The Balaban J connectivity index is 1.37. The summed E-state index contributed by atoms with van der Waals surface area (Å²) in [7, 11) is 0. The van der Waals surface area contributed by atoms with Gasteiger partial charge in [-0.05, 0) is 66.5 Å². The van der Waals surface area contributed by atoms with Crippen LogP contribution in [-0.4, -0.2) is 39.6 Å². The van der Waals surface area contributed by atoms with Crippen LogP contribution in [0.15, 0.2) is 24.4 Å². The molecule has 5 rings (SSSR count). The third kappa shape index (κ3) is 4.37. The van der Waals surface area contributed by atoms with Gasteiger partial charge in [0, 0.05) is 25.0 Å². The quantitative estimate of drug-likeness (QED) is 0.632. The number of aliphatic hydroxyl groups excluding tert-OH is 1. The number of hydrogen-bond donors (Lipinski definition) is 3. The fourth-order valence-electron chi connectivity index (χ4n) is 5.50. The van der Waals surface area contributed by atoms with Crippen LogP contribution in [0.5, 0.6) is 0 Å². The first-order valence-corrected chi connectivity index (χ1v) is 11.7. The van der Waals surface area contributed by atoms with Crippen molar-refractivity contribution < 1.29 is 9.90 Å². The highest BCUT2D eigenvalue weighted by atomic mass is 16.3. The highest BCUT2D eigenvalue weighted by Crippen LogP contribution is 2.61. The average molecular weight is 427 g/mol. The first kappa shape index (κ1) is 22.3. The number of nitrogens with zero attached hydrogens (tertiary/aromatic N) is 2. The molecule has 4 atom stereocenters. The summed E-state index contributed by atoms with van der Waals surface area (Å²) in [6, 6.07) is 5.99. The molecule has 1 amide bonds. The second kappa shape index (κ2) is 8.21. The Kier molecular flexibility index (Phi) is 5.90. The molecule has 0 saturated heterocycles. The highest BCUT2D eigenvalue weighted by Gasteiger charge is 2.53. The molecule has 1 unspecified atom stereocenters. The molecule has 2 bridgehead atoms. The van der Waals surface area contributed by atoms with Crippen molar-refractivity contribution in [1.29, 1.82) is 0 Å². The standard InChI is InChI=1S/C25H38N4O2/c1-24(2,3)21(30)14-27-23(31)20-15-29-18(7-6-8-22(29)28-20)13-26-12-16-9-10-17-11-19(16)25(17,4)5/h6-8,15-17,19,21,26,30H,9-14H2,1-5H3,(H,27,31)/t16-,17-,19-,21?/m0/s1. The number of aliphatic hydroxyl groups is 1. The van der Waals surface area contributed by atoms with E-state index in [-0.39, 0.29) is 17.9 Å². The Bertz CT molecular complexity index is 941. The molecule has 3 saturated carbocycles. The summed E-state index contributed by atoms with van der Waals surface area (Å²) in [5, 5.41) is 16.7. The molecular formula is C25H38N4O2. The molecule has 0 spiro atoms. The first-order valence-electron chi connectivity index (χ1n) is 11.7. The van der Waals surface area contributed by atoms with E-state index in [0.717, 1.165) is 42.2 Å². The average Bonchev–Trinajstić information content (AvgIpc) is 3.16. The summed E-state index contributed by atoms with van der Waals surface area (Å²) in [6.07, 6.45) is 5.30. The van der Waals surface area contributed by atoms with E-state index < -0.39 is 6.10 Å². The van der Waals surface area contributed by atoms with Gasteiger partial charge in [-0.3, -0.25) is 4.79 Å². The first-order chi connectivity index (χ1) is 14.6. The lowest BCUT2D eigenvalue weighted by molar-refractivity contribution is -0.103. The molecular weight excluding hydrogens is 388 g/mol. The van der Waals surface area contributed by atoms with Gasteiger partial charge < -0.3 is 20.1 Å². The molecule has 2 aromatic rings. The van der Waals surface area contributed by atoms with Gasteiger partial charge in [-0.25, -0.2) is 4.98 Å². The van der Waals surface area contributed by atoms with E-state index in [0.29, 0.717) is 11.1 Å². The van der Waals surface area contributed by atoms with E-state index in [2.05, 4.69) is 35.5 Å². The third-order valence-electron chi connectivity index (χ3n) is 7.98. The van der Waals surface area contributed by atoms with Crippen LogP contribution in [0, 0.1) is 28.6 Å². The monoisotopic (exact) mass is 426 g/mol. The Hall–Kier alpha value is -1.92. The van der Waals surface area contributed by atoms with E-state index in [1.807, 2.05) is 37.3 Å². The summed E-state index contributed by atoms with van der Waals surface area (Å²) in [4.78, 5) is 17.1. The van der Waals surface area contributed by atoms with Crippen LogP contribution in [0.1, 0.15) is 70.1 Å². The second-order valence-corrected chi connectivity index (χ2v) is 11.3. The summed E-state index contributed by atoms with van der Waals surface area (Å²) in [5.41, 5.74) is 2.47. The molecule has 2 heterocycles. The van der Waals surface area contributed by atoms with Gasteiger partial charge in [0.05, 0.1) is 6.10 Å². The maximum Gasteiger partial charge on any atom is 0.271 e. The molecule has 0 aliphatic heterocycles. The highest BCUT2D eigenvalue weighted by molar-refractivity contribution is 5.92. The van der Waals surface area contributed by atoms with Gasteiger partial charge in [-0.2, -0.15) is 0 Å². The fraction of sp³-hybridized carbons (Fsp3) is 0.680. The van der Waals surface area contributed by atoms with Gasteiger partial charge in [0.1, 0.15) is 11.3 Å². The van der Waals surface area contributed by atoms with Crippen LogP contribution in [0.3, 0.4) is 0 Å². The normalized spacial score (nSPS) is 25.8. The van der Waals surface area contributed by atoms with Crippen LogP contribution < -0.4 is 10.6 Å². The molecule has 170 valence electrons. The molecule has 0 radical (unpaired) electrons. The number of carbonyl (C=O) groups is 1. The molecule has 3 N–H and O–H groups in total. The molecule has 0 aromatic carbocycles. The predicted molar refractivity (Wildman–Crippen MR) is 123 cm³/mol. The van der Waals surface area contributed by atoms with Crippen molar-refractivity contribution in [3.63, 3.8) is 0 Å². The molecule has 6 heteroatoms. The zero-order valence-electron chi connectivity index (χ0n) is 19.6. The Morgan fingerprint density at radius 1 is 1.32 bits per heavy atom. The van der Waals surface area contributed by atoms with Gasteiger partial charge in [0.25, 0.3) is 5.91 Å². The number of nitrogens with one attached hydrogen (secondary N) is 2. The van der Waals surface area contributed by atoms with Crippen LogP contribution >= 0.6 is 0 Å². The van der Waals surface area contributed by atoms with Crippen molar-refractivity contribution in [2.45, 2.75) is 66.5 Å². The van der Waals surface area contributed by atoms with Crippen molar-refractivity contribution in [2.24, 2.45) is 28.6 Å². The van der Waals surface area contributed by atoms with Gasteiger partial charge in [0.15, 0.2) is 0 Å². The minimum Gasteiger partial charge on any atom is -0.391 e. The van der Waals surface area contributed by atoms with Crippen LogP contribution in [0.4, 0.5) is 0 Å². The van der Waals surface area contributed by atoms with Gasteiger partial charge in [-0.15, -0.1) is 0 Å². The van der Waals surface area contributed by atoms with Crippen LogP contribution in [-0.2, 0) is 6.54 Å². The Morgan fingerprint density at radius 2 is 2.10 bits per heavy atom. The van der Waals surface area contributed by atoms with Gasteiger partial charge >= 0.3 is 0 Å². The lowest BCUT2D eigenvalue weighted by Gasteiger charge is -2.60.